The zero-order chi connectivity index (χ0) is 15.1. The van der Waals surface area contributed by atoms with Gasteiger partial charge in [0.15, 0.2) is 5.76 Å². The number of ether oxygens (including phenoxy) is 1. The fourth-order valence-electron chi connectivity index (χ4n) is 2.05. The molecule has 7 nitrogen and oxygen atoms in total. The third kappa shape index (κ3) is 2.76. The van der Waals surface area contributed by atoms with Gasteiger partial charge in [0.05, 0.1) is 11.6 Å². The fourth-order valence-corrected chi connectivity index (χ4v) is 2.05. The molecule has 1 aliphatic heterocycles. The lowest BCUT2D eigenvalue weighted by Gasteiger charge is -2.38. The third-order valence-corrected chi connectivity index (χ3v) is 3.01. The first-order valence-electron chi connectivity index (χ1n) is 6.36. The van der Waals surface area contributed by atoms with Crippen LogP contribution in [0.3, 0.4) is 0 Å². The Morgan fingerprint density at radius 2 is 2.00 bits per heavy atom. The number of hydrogen-bond donors (Lipinski definition) is 1. The third-order valence-electron chi connectivity index (χ3n) is 3.01. The van der Waals surface area contributed by atoms with Gasteiger partial charge in [-0.15, -0.1) is 0 Å². The van der Waals surface area contributed by atoms with E-state index in [1.54, 1.807) is 27.7 Å². The molecule has 7 heteroatoms. The van der Waals surface area contributed by atoms with Crippen LogP contribution in [0.4, 0.5) is 4.79 Å². The van der Waals surface area contributed by atoms with Gasteiger partial charge in [-0.2, -0.15) is 0 Å². The predicted octanol–water partition coefficient (Wildman–Crippen LogP) is 2.02. The molecule has 1 aromatic heterocycles. The molecule has 0 saturated carbocycles. The second-order valence-corrected chi connectivity index (χ2v) is 5.89. The standard InChI is InChI=1S/C13H18N2O5/c1-7-9(11(16)17)10(20-14-7)8-5-15(6-8)12(18)19-13(2,3)4/h8H,5-6H2,1-4H3,(H,16,17). The number of carboxylic acid groups (broad SMARTS) is 1. The highest BCUT2D eigenvalue weighted by Crippen LogP contribution is 2.31. The highest BCUT2D eigenvalue weighted by atomic mass is 16.6. The maximum atomic E-state index is 11.8. The first-order chi connectivity index (χ1) is 9.19. The molecular weight excluding hydrogens is 264 g/mol. The van der Waals surface area contributed by atoms with Crippen molar-refractivity contribution in [2.24, 2.45) is 0 Å². The molecule has 1 amide bonds. The first-order valence-corrected chi connectivity index (χ1v) is 6.36. The van der Waals surface area contributed by atoms with E-state index >= 15 is 0 Å². The van der Waals surface area contributed by atoms with Crippen molar-refractivity contribution < 1.29 is 24.0 Å². The summed E-state index contributed by atoms with van der Waals surface area (Å²) in [6.45, 7) is 7.73. The van der Waals surface area contributed by atoms with E-state index in [1.807, 2.05) is 0 Å². The van der Waals surface area contributed by atoms with Gasteiger partial charge in [0, 0.05) is 13.1 Å². The van der Waals surface area contributed by atoms with E-state index < -0.39 is 17.7 Å². The number of aryl methyl sites for hydroxylation is 1. The zero-order valence-corrected chi connectivity index (χ0v) is 12.0. The second kappa shape index (κ2) is 4.81. The minimum absolute atomic E-state index is 0.0961. The molecule has 110 valence electrons. The lowest BCUT2D eigenvalue weighted by Crippen LogP contribution is -2.50. The summed E-state index contributed by atoms with van der Waals surface area (Å²) in [6, 6.07) is 0. The Kier molecular flexibility index (Phi) is 3.45. The molecule has 1 saturated heterocycles. The largest absolute Gasteiger partial charge is 0.477 e. The van der Waals surface area contributed by atoms with Crippen molar-refractivity contribution in [1.29, 1.82) is 0 Å². The molecule has 0 aliphatic carbocycles. The summed E-state index contributed by atoms with van der Waals surface area (Å²) in [6.07, 6.45) is -0.401. The van der Waals surface area contributed by atoms with Crippen molar-refractivity contribution >= 4 is 12.1 Å². The number of amides is 1. The lowest BCUT2D eigenvalue weighted by molar-refractivity contribution is 0.00597. The number of aromatic nitrogens is 1. The SMILES string of the molecule is Cc1noc(C2CN(C(=O)OC(C)(C)C)C2)c1C(=O)O. The summed E-state index contributed by atoms with van der Waals surface area (Å²) in [5, 5.41) is 12.8. The summed E-state index contributed by atoms with van der Waals surface area (Å²) >= 11 is 0. The predicted molar refractivity (Wildman–Crippen MR) is 68.7 cm³/mol. The number of hydrogen-bond acceptors (Lipinski definition) is 5. The summed E-state index contributed by atoms with van der Waals surface area (Å²) in [4.78, 5) is 24.4. The fraction of sp³-hybridized carbons (Fsp3) is 0.615. The van der Waals surface area contributed by atoms with Gasteiger partial charge in [-0.25, -0.2) is 9.59 Å². The van der Waals surface area contributed by atoms with Crippen LogP contribution >= 0.6 is 0 Å². The molecule has 0 spiro atoms. The maximum absolute atomic E-state index is 11.8. The van der Waals surface area contributed by atoms with Crippen molar-refractivity contribution in [3.63, 3.8) is 0 Å². The van der Waals surface area contributed by atoms with Crippen LogP contribution in [0.1, 0.15) is 48.5 Å². The molecular formula is C13H18N2O5. The average molecular weight is 282 g/mol. The molecule has 1 aromatic rings. The van der Waals surface area contributed by atoms with E-state index in [4.69, 9.17) is 14.4 Å². The zero-order valence-electron chi connectivity index (χ0n) is 12.0. The maximum Gasteiger partial charge on any atom is 0.410 e. The van der Waals surface area contributed by atoms with Gasteiger partial charge in [-0.1, -0.05) is 5.16 Å². The van der Waals surface area contributed by atoms with Crippen LogP contribution in [0.15, 0.2) is 4.52 Å². The lowest BCUT2D eigenvalue weighted by atomic mass is 9.94. The number of carbonyl (C=O) groups excluding carboxylic acids is 1. The highest BCUT2D eigenvalue weighted by molar-refractivity contribution is 5.90. The second-order valence-electron chi connectivity index (χ2n) is 5.89. The van der Waals surface area contributed by atoms with E-state index in [2.05, 4.69) is 5.16 Å². The van der Waals surface area contributed by atoms with Crippen molar-refractivity contribution in [1.82, 2.24) is 10.1 Å². The molecule has 2 heterocycles. The van der Waals surface area contributed by atoms with Crippen LogP contribution in [-0.4, -0.2) is 45.9 Å². The smallest absolute Gasteiger partial charge is 0.410 e. The van der Waals surface area contributed by atoms with Crippen molar-refractivity contribution in [3.05, 3.63) is 17.0 Å². The van der Waals surface area contributed by atoms with Crippen molar-refractivity contribution in [2.75, 3.05) is 13.1 Å². The van der Waals surface area contributed by atoms with Gasteiger partial charge in [0.2, 0.25) is 0 Å². The molecule has 1 fully saturated rings. The molecule has 1 aliphatic rings. The molecule has 20 heavy (non-hydrogen) atoms. The Morgan fingerprint density at radius 3 is 2.50 bits per heavy atom. The van der Waals surface area contributed by atoms with Crippen LogP contribution in [0, 0.1) is 6.92 Å². The molecule has 0 aromatic carbocycles. The Balaban J connectivity index is 2.01. The molecule has 2 rings (SSSR count). The van der Waals surface area contributed by atoms with E-state index in [9.17, 15) is 9.59 Å². The number of nitrogens with zero attached hydrogens (tertiary/aromatic N) is 2. The number of likely N-dealkylation sites (tertiary alicyclic amines) is 1. The van der Waals surface area contributed by atoms with Crippen LogP contribution < -0.4 is 0 Å². The van der Waals surface area contributed by atoms with Crippen LogP contribution in [0.5, 0.6) is 0 Å². The molecule has 0 atom stereocenters. The van der Waals surface area contributed by atoms with Crippen molar-refractivity contribution in [2.45, 2.75) is 39.2 Å². The Labute approximate surface area is 116 Å². The van der Waals surface area contributed by atoms with Gasteiger partial charge in [-0.05, 0) is 27.7 Å². The Bertz CT molecular complexity index is 537. The molecule has 0 unspecified atom stereocenters. The van der Waals surface area contributed by atoms with Crippen LogP contribution in [0.25, 0.3) is 0 Å². The summed E-state index contributed by atoms with van der Waals surface area (Å²) in [5.41, 5.74) is -0.0981. The molecule has 1 N–H and O–H groups in total. The van der Waals surface area contributed by atoms with Crippen LogP contribution in [-0.2, 0) is 4.74 Å². The monoisotopic (exact) mass is 282 g/mol. The summed E-state index contributed by atoms with van der Waals surface area (Å²) < 4.78 is 10.3. The minimum atomic E-state index is -1.06. The van der Waals surface area contributed by atoms with E-state index in [1.165, 1.54) is 4.90 Å². The van der Waals surface area contributed by atoms with Gasteiger partial charge in [-0.3, -0.25) is 0 Å². The number of aromatic carboxylic acids is 1. The molecule has 0 bridgehead atoms. The number of rotatable bonds is 2. The highest BCUT2D eigenvalue weighted by Gasteiger charge is 2.39. The Morgan fingerprint density at radius 1 is 1.40 bits per heavy atom. The topological polar surface area (TPSA) is 92.9 Å². The quantitative estimate of drug-likeness (QED) is 0.892. The van der Waals surface area contributed by atoms with Gasteiger partial charge in [0.1, 0.15) is 11.2 Å². The normalized spacial score (nSPS) is 15.9. The summed E-state index contributed by atoms with van der Waals surface area (Å²) in [7, 11) is 0. The molecule has 0 radical (unpaired) electrons. The summed E-state index contributed by atoms with van der Waals surface area (Å²) in [5.74, 6) is -0.876. The minimum Gasteiger partial charge on any atom is -0.477 e. The van der Waals surface area contributed by atoms with Crippen molar-refractivity contribution in [3.8, 4) is 0 Å². The van der Waals surface area contributed by atoms with E-state index in [0.29, 0.717) is 24.5 Å². The van der Waals surface area contributed by atoms with Gasteiger partial charge in [0.25, 0.3) is 0 Å². The van der Waals surface area contributed by atoms with Gasteiger partial charge >= 0.3 is 12.1 Å². The van der Waals surface area contributed by atoms with E-state index in [-0.39, 0.29) is 11.5 Å². The number of carbonyl (C=O) groups is 2. The Hall–Kier alpha value is -2.05. The number of carboxylic acids is 1. The average Bonchev–Trinajstić information content (AvgIpc) is 2.55. The van der Waals surface area contributed by atoms with Gasteiger partial charge < -0.3 is 19.3 Å². The van der Waals surface area contributed by atoms with Crippen LogP contribution in [0.2, 0.25) is 0 Å². The first kappa shape index (κ1) is 14.4. The van der Waals surface area contributed by atoms with E-state index in [0.717, 1.165) is 0 Å².